The smallest absolute Gasteiger partial charge is 0.0500 e. The van der Waals surface area contributed by atoms with Crippen LogP contribution in [0.4, 0.5) is 0 Å². The molecule has 1 aromatic rings. The molecule has 0 amide bonds. The first-order valence-electron chi connectivity index (χ1n) is 5.62. The molecule has 15 heavy (non-hydrogen) atoms. The number of rotatable bonds is 6. The Hall–Kier alpha value is -0.860. The molecule has 2 heteroatoms. The molecule has 1 aromatic carbocycles. The zero-order chi connectivity index (χ0) is 11.1. The van der Waals surface area contributed by atoms with Crippen LogP contribution in [0.1, 0.15) is 36.8 Å². The zero-order valence-electron chi connectivity index (χ0n) is 9.32. The highest BCUT2D eigenvalue weighted by Crippen LogP contribution is 2.19. The minimum absolute atomic E-state index is 0.0747. The lowest BCUT2D eigenvalue weighted by Gasteiger charge is -2.13. The van der Waals surface area contributed by atoms with Crippen LogP contribution in [-0.2, 0) is 6.42 Å². The Bertz CT molecular complexity index is 266. The van der Waals surface area contributed by atoms with E-state index in [1.807, 2.05) is 0 Å². The van der Waals surface area contributed by atoms with Crippen LogP contribution in [0.5, 0.6) is 0 Å². The predicted molar refractivity (Wildman–Crippen MR) is 62.0 cm³/mol. The maximum absolute atomic E-state index is 9.17. The summed E-state index contributed by atoms with van der Waals surface area (Å²) in [6, 6.07) is 8.33. The largest absolute Gasteiger partial charge is 0.396 e. The van der Waals surface area contributed by atoms with Crippen molar-refractivity contribution in [3.05, 3.63) is 35.4 Å². The molecule has 2 nitrogen and oxygen atoms in total. The third-order valence-electron chi connectivity index (χ3n) is 2.69. The Morgan fingerprint density at radius 3 is 2.27 bits per heavy atom. The summed E-state index contributed by atoms with van der Waals surface area (Å²) >= 11 is 0. The third kappa shape index (κ3) is 3.65. The number of benzene rings is 1. The van der Waals surface area contributed by atoms with Crippen molar-refractivity contribution in [1.29, 1.82) is 0 Å². The molecule has 0 heterocycles. The van der Waals surface area contributed by atoms with E-state index < -0.39 is 0 Å². The Kier molecular flexibility index (Phi) is 5.37. The number of hydrogen-bond acceptors (Lipinski definition) is 2. The van der Waals surface area contributed by atoms with Crippen molar-refractivity contribution in [2.24, 2.45) is 0 Å². The molecule has 0 fully saturated rings. The minimum atomic E-state index is 0.0747. The topological polar surface area (TPSA) is 40.5 Å². The van der Waals surface area contributed by atoms with Gasteiger partial charge in [0, 0.05) is 12.5 Å². The summed E-state index contributed by atoms with van der Waals surface area (Å²) in [7, 11) is 0. The third-order valence-corrected chi connectivity index (χ3v) is 2.69. The van der Waals surface area contributed by atoms with Crippen molar-refractivity contribution in [3.8, 4) is 0 Å². The second-order valence-corrected chi connectivity index (χ2v) is 3.88. The summed E-state index contributed by atoms with van der Waals surface area (Å²) < 4.78 is 0. The Morgan fingerprint density at radius 1 is 1.13 bits per heavy atom. The van der Waals surface area contributed by atoms with Gasteiger partial charge in [0.1, 0.15) is 0 Å². The maximum Gasteiger partial charge on any atom is 0.0500 e. The van der Waals surface area contributed by atoms with Crippen molar-refractivity contribution < 1.29 is 10.2 Å². The Balaban J connectivity index is 2.68. The molecule has 1 unspecified atom stereocenters. The van der Waals surface area contributed by atoms with Gasteiger partial charge in [-0.2, -0.15) is 0 Å². The van der Waals surface area contributed by atoms with Crippen molar-refractivity contribution >= 4 is 0 Å². The quantitative estimate of drug-likeness (QED) is 0.751. The molecule has 0 bridgehead atoms. The maximum atomic E-state index is 9.17. The lowest BCUT2D eigenvalue weighted by atomic mass is 9.95. The standard InChI is InChI=1S/C13H20O2/c1-2-3-11-4-6-12(7-5-11)13(10-15)8-9-14/h4-7,13-15H,2-3,8-10H2,1H3. The summed E-state index contributed by atoms with van der Waals surface area (Å²) in [5, 5.41) is 18.0. The second kappa shape index (κ2) is 6.59. The molecule has 0 aliphatic heterocycles. The highest BCUT2D eigenvalue weighted by atomic mass is 16.3. The van der Waals surface area contributed by atoms with E-state index in [4.69, 9.17) is 5.11 Å². The van der Waals surface area contributed by atoms with Gasteiger partial charge in [-0.25, -0.2) is 0 Å². The molecule has 84 valence electrons. The molecule has 0 radical (unpaired) electrons. The Labute approximate surface area is 91.6 Å². The van der Waals surface area contributed by atoms with E-state index >= 15 is 0 Å². The van der Waals surface area contributed by atoms with Gasteiger partial charge in [0.15, 0.2) is 0 Å². The first-order valence-corrected chi connectivity index (χ1v) is 5.62. The average Bonchev–Trinajstić information content (AvgIpc) is 2.28. The van der Waals surface area contributed by atoms with Crippen molar-refractivity contribution in [3.63, 3.8) is 0 Å². The fraction of sp³-hybridized carbons (Fsp3) is 0.538. The zero-order valence-corrected chi connectivity index (χ0v) is 9.32. The van der Waals surface area contributed by atoms with Crippen LogP contribution in [-0.4, -0.2) is 23.4 Å². The minimum Gasteiger partial charge on any atom is -0.396 e. The summed E-state index contributed by atoms with van der Waals surface area (Å²) in [6.07, 6.45) is 2.88. The van der Waals surface area contributed by atoms with E-state index in [0.29, 0.717) is 6.42 Å². The molecular weight excluding hydrogens is 188 g/mol. The molecule has 0 saturated carbocycles. The van der Waals surface area contributed by atoms with Crippen LogP contribution >= 0.6 is 0 Å². The SMILES string of the molecule is CCCc1ccc(C(CO)CCO)cc1. The fourth-order valence-electron chi connectivity index (χ4n) is 1.76. The van der Waals surface area contributed by atoms with Crippen LogP contribution in [0.2, 0.25) is 0 Å². The number of aryl methyl sites for hydroxylation is 1. The van der Waals surface area contributed by atoms with E-state index in [2.05, 4.69) is 31.2 Å². The summed E-state index contributed by atoms with van der Waals surface area (Å²) in [6.45, 7) is 2.39. The first-order chi connectivity index (χ1) is 7.31. The van der Waals surface area contributed by atoms with Crippen LogP contribution in [0.3, 0.4) is 0 Å². The highest BCUT2D eigenvalue weighted by molar-refractivity contribution is 5.25. The van der Waals surface area contributed by atoms with Crippen molar-refractivity contribution in [1.82, 2.24) is 0 Å². The fourth-order valence-corrected chi connectivity index (χ4v) is 1.76. The molecule has 1 rings (SSSR count). The van der Waals surface area contributed by atoms with Crippen LogP contribution in [0.25, 0.3) is 0 Å². The summed E-state index contributed by atoms with van der Waals surface area (Å²) in [4.78, 5) is 0. The van der Waals surface area contributed by atoms with Gasteiger partial charge in [0.05, 0.1) is 6.61 Å². The van der Waals surface area contributed by atoms with Gasteiger partial charge in [-0.05, 0) is 24.0 Å². The Morgan fingerprint density at radius 2 is 1.80 bits per heavy atom. The van der Waals surface area contributed by atoms with Gasteiger partial charge in [-0.15, -0.1) is 0 Å². The molecule has 0 saturated heterocycles. The van der Waals surface area contributed by atoms with Crippen molar-refractivity contribution in [2.75, 3.05) is 13.2 Å². The molecule has 0 aliphatic carbocycles. The van der Waals surface area contributed by atoms with Gasteiger partial charge < -0.3 is 10.2 Å². The van der Waals surface area contributed by atoms with Gasteiger partial charge in [-0.1, -0.05) is 37.6 Å². The van der Waals surface area contributed by atoms with E-state index in [1.54, 1.807) is 0 Å². The van der Waals surface area contributed by atoms with Gasteiger partial charge in [0.2, 0.25) is 0 Å². The summed E-state index contributed by atoms with van der Waals surface area (Å²) in [5.41, 5.74) is 2.45. The highest BCUT2D eigenvalue weighted by Gasteiger charge is 2.09. The first kappa shape index (κ1) is 12.2. The van der Waals surface area contributed by atoms with E-state index in [-0.39, 0.29) is 19.1 Å². The van der Waals surface area contributed by atoms with E-state index in [0.717, 1.165) is 18.4 Å². The monoisotopic (exact) mass is 208 g/mol. The lowest BCUT2D eigenvalue weighted by molar-refractivity contribution is 0.220. The van der Waals surface area contributed by atoms with Crippen LogP contribution in [0.15, 0.2) is 24.3 Å². The van der Waals surface area contributed by atoms with E-state index in [9.17, 15) is 5.11 Å². The number of aliphatic hydroxyl groups excluding tert-OH is 2. The predicted octanol–water partition coefficient (Wildman–Crippen LogP) is 2.10. The number of aliphatic hydroxyl groups is 2. The summed E-state index contributed by atoms with van der Waals surface area (Å²) in [5.74, 6) is 0.0747. The number of hydrogen-bond donors (Lipinski definition) is 2. The van der Waals surface area contributed by atoms with Gasteiger partial charge in [0.25, 0.3) is 0 Å². The second-order valence-electron chi connectivity index (χ2n) is 3.88. The molecule has 2 N–H and O–H groups in total. The van der Waals surface area contributed by atoms with Crippen LogP contribution < -0.4 is 0 Å². The molecular formula is C13H20O2. The van der Waals surface area contributed by atoms with Crippen molar-refractivity contribution in [2.45, 2.75) is 32.1 Å². The van der Waals surface area contributed by atoms with Gasteiger partial charge >= 0.3 is 0 Å². The van der Waals surface area contributed by atoms with E-state index in [1.165, 1.54) is 5.56 Å². The lowest BCUT2D eigenvalue weighted by Crippen LogP contribution is -2.06. The average molecular weight is 208 g/mol. The molecule has 0 aromatic heterocycles. The normalized spacial score (nSPS) is 12.7. The molecule has 0 aliphatic rings. The van der Waals surface area contributed by atoms with Gasteiger partial charge in [-0.3, -0.25) is 0 Å². The molecule has 0 spiro atoms. The van der Waals surface area contributed by atoms with Crippen LogP contribution in [0, 0.1) is 0 Å². The molecule has 1 atom stereocenters.